The van der Waals surface area contributed by atoms with Crippen LogP contribution in [0.15, 0.2) is 59.5 Å². The molecule has 0 aliphatic rings. The van der Waals surface area contributed by atoms with E-state index in [9.17, 15) is 9.59 Å². The molecule has 7 heteroatoms. The Bertz CT molecular complexity index is 760. The molecule has 0 aromatic heterocycles. The molecule has 2 aromatic carbocycles. The van der Waals surface area contributed by atoms with E-state index in [1.165, 1.54) is 0 Å². The minimum Gasteiger partial charge on any atom is -0.458 e. The van der Waals surface area contributed by atoms with Crippen LogP contribution >= 0.6 is 22.5 Å². The van der Waals surface area contributed by atoms with Crippen LogP contribution in [0.1, 0.15) is 32.4 Å². The van der Waals surface area contributed by atoms with Gasteiger partial charge in [0.2, 0.25) is 0 Å². The molecule has 26 heavy (non-hydrogen) atoms. The number of esters is 1. The van der Waals surface area contributed by atoms with Gasteiger partial charge >= 0.3 is 12.1 Å². The van der Waals surface area contributed by atoms with Crippen LogP contribution < -0.4 is 10.1 Å². The lowest BCUT2D eigenvalue weighted by Crippen LogP contribution is -2.39. The first-order valence-corrected chi connectivity index (χ1v) is 9.83. The Morgan fingerprint density at radius 2 is 1.65 bits per heavy atom. The van der Waals surface area contributed by atoms with Crippen molar-refractivity contribution in [3.63, 3.8) is 0 Å². The van der Waals surface area contributed by atoms with Crippen molar-refractivity contribution in [2.24, 2.45) is 0 Å². The second-order valence-corrected chi connectivity index (χ2v) is 7.62. The maximum atomic E-state index is 12.6. The quantitative estimate of drug-likeness (QED) is 0.436. The predicted molar refractivity (Wildman–Crippen MR) is 105 cm³/mol. The summed E-state index contributed by atoms with van der Waals surface area (Å²) in [5.74, 6) is -0.196. The van der Waals surface area contributed by atoms with E-state index >= 15 is 0 Å². The molecule has 1 amide bonds. The molecule has 1 atom stereocenters. The largest absolute Gasteiger partial charge is 0.458 e. The van der Waals surface area contributed by atoms with Gasteiger partial charge in [0.05, 0.1) is 4.90 Å². The van der Waals surface area contributed by atoms with Crippen molar-refractivity contribution < 1.29 is 19.1 Å². The number of nitrogens with one attached hydrogen (secondary N) is 1. The van der Waals surface area contributed by atoms with Gasteiger partial charge in [-0.05, 0) is 38.5 Å². The van der Waals surface area contributed by atoms with E-state index in [4.69, 9.17) is 9.47 Å². The van der Waals surface area contributed by atoms with Crippen LogP contribution in [-0.4, -0.2) is 17.7 Å². The van der Waals surface area contributed by atoms with Gasteiger partial charge < -0.3 is 14.8 Å². The molecule has 5 nitrogen and oxygen atoms in total. The first kappa shape index (κ1) is 20.2. The highest BCUT2D eigenvalue weighted by atomic mass is 33.1. The van der Waals surface area contributed by atoms with Crippen LogP contribution in [0.5, 0.6) is 5.75 Å². The third kappa shape index (κ3) is 6.00. The second kappa shape index (κ2) is 9.00. The maximum absolute atomic E-state index is 12.6. The van der Waals surface area contributed by atoms with Crippen LogP contribution in [0, 0.1) is 0 Å². The standard InChI is InChI=1S/C19H21NO4S2/c1-19(2,3)24-17(21)16(13-9-5-4-6-10-13)20-18(22)23-14-11-7-8-12-15(14)26-25/h4-12,16,25H,1-3H3,(H,20,22). The van der Waals surface area contributed by atoms with E-state index in [2.05, 4.69) is 17.0 Å². The van der Waals surface area contributed by atoms with Crippen molar-refractivity contribution in [1.82, 2.24) is 5.32 Å². The van der Waals surface area contributed by atoms with E-state index < -0.39 is 23.7 Å². The number of carbonyl (C=O) groups excluding carboxylic acids is 2. The van der Waals surface area contributed by atoms with Gasteiger partial charge in [-0.25, -0.2) is 9.59 Å². The van der Waals surface area contributed by atoms with Gasteiger partial charge in [0.15, 0.2) is 6.04 Å². The van der Waals surface area contributed by atoms with Gasteiger partial charge in [0.1, 0.15) is 11.4 Å². The molecule has 0 saturated carbocycles. The lowest BCUT2D eigenvalue weighted by Gasteiger charge is -2.24. The molecular weight excluding hydrogens is 370 g/mol. The molecule has 0 spiro atoms. The SMILES string of the molecule is CC(C)(C)OC(=O)C(NC(=O)Oc1ccccc1SS)c1ccccc1. The van der Waals surface area contributed by atoms with E-state index in [0.717, 1.165) is 10.8 Å². The van der Waals surface area contributed by atoms with Gasteiger partial charge in [-0.3, -0.25) is 0 Å². The van der Waals surface area contributed by atoms with Gasteiger partial charge in [-0.1, -0.05) is 53.3 Å². The summed E-state index contributed by atoms with van der Waals surface area (Å²) in [6, 6.07) is 14.9. The first-order valence-electron chi connectivity index (χ1n) is 7.97. The number of ether oxygens (including phenoxy) is 2. The molecule has 1 N–H and O–H groups in total. The van der Waals surface area contributed by atoms with Crippen LogP contribution in [0.4, 0.5) is 4.79 Å². The average molecular weight is 392 g/mol. The molecule has 0 heterocycles. The van der Waals surface area contributed by atoms with Crippen LogP contribution in [0.3, 0.4) is 0 Å². The third-order valence-electron chi connectivity index (χ3n) is 3.19. The van der Waals surface area contributed by atoms with Crippen molar-refractivity contribution >= 4 is 34.5 Å². The summed E-state index contributed by atoms with van der Waals surface area (Å²) in [7, 11) is 1.16. The minimum atomic E-state index is -0.973. The number of benzene rings is 2. The summed E-state index contributed by atoms with van der Waals surface area (Å²) in [6.45, 7) is 5.31. The van der Waals surface area contributed by atoms with Gasteiger partial charge in [0, 0.05) is 0 Å². The zero-order valence-corrected chi connectivity index (χ0v) is 16.5. The molecule has 0 aliphatic heterocycles. The Morgan fingerprint density at radius 1 is 1.04 bits per heavy atom. The molecule has 138 valence electrons. The fraction of sp³-hybridized carbons (Fsp3) is 0.263. The summed E-state index contributed by atoms with van der Waals surface area (Å²) in [4.78, 5) is 25.6. The van der Waals surface area contributed by atoms with E-state index in [1.807, 2.05) is 12.1 Å². The number of para-hydroxylation sites is 1. The fourth-order valence-electron chi connectivity index (χ4n) is 2.14. The zero-order valence-electron chi connectivity index (χ0n) is 14.8. The van der Waals surface area contributed by atoms with Gasteiger partial charge in [-0.15, -0.1) is 11.7 Å². The molecule has 0 saturated heterocycles. The topological polar surface area (TPSA) is 64.6 Å². The van der Waals surface area contributed by atoms with E-state index in [0.29, 0.717) is 16.2 Å². The molecule has 2 aromatic rings. The Labute approximate surface area is 162 Å². The molecule has 1 unspecified atom stereocenters. The summed E-state index contributed by atoms with van der Waals surface area (Å²) < 4.78 is 10.8. The first-order chi connectivity index (χ1) is 12.3. The van der Waals surface area contributed by atoms with E-state index in [1.54, 1.807) is 63.2 Å². The minimum absolute atomic E-state index is 0.362. The number of amides is 1. The van der Waals surface area contributed by atoms with Gasteiger partial charge in [0.25, 0.3) is 0 Å². The second-order valence-electron chi connectivity index (χ2n) is 6.45. The van der Waals surface area contributed by atoms with Gasteiger partial charge in [-0.2, -0.15) is 0 Å². The molecule has 0 fully saturated rings. The summed E-state index contributed by atoms with van der Waals surface area (Å²) in [5, 5.41) is 2.59. The Hall–Kier alpha value is -2.12. The van der Waals surface area contributed by atoms with Crippen molar-refractivity contribution in [3.8, 4) is 5.75 Å². The normalized spacial score (nSPS) is 12.2. The third-order valence-corrected chi connectivity index (χ3v) is 4.31. The van der Waals surface area contributed by atoms with Crippen LogP contribution in [-0.2, 0) is 9.53 Å². The highest BCUT2D eigenvalue weighted by Crippen LogP contribution is 2.31. The lowest BCUT2D eigenvalue weighted by molar-refractivity contribution is -0.157. The number of hydrogen-bond donors (Lipinski definition) is 2. The average Bonchev–Trinajstić information content (AvgIpc) is 2.59. The number of rotatable bonds is 5. The molecular formula is C19H21NO4S2. The Morgan fingerprint density at radius 3 is 2.27 bits per heavy atom. The Kier molecular flexibility index (Phi) is 6.99. The fourth-order valence-corrected chi connectivity index (χ4v) is 2.93. The van der Waals surface area contributed by atoms with Crippen molar-refractivity contribution in [1.29, 1.82) is 0 Å². The zero-order chi connectivity index (χ0) is 19.2. The monoisotopic (exact) mass is 391 g/mol. The molecule has 0 radical (unpaired) electrons. The van der Waals surface area contributed by atoms with Crippen molar-refractivity contribution in [2.45, 2.75) is 37.3 Å². The maximum Gasteiger partial charge on any atom is 0.413 e. The highest BCUT2D eigenvalue weighted by Gasteiger charge is 2.29. The smallest absolute Gasteiger partial charge is 0.413 e. The lowest BCUT2D eigenvalue weighted by atomic mass is 10.1. The molecule has 0 bridgehead atoms. The van der Waals surface area contributed by atoms with Crippen LogP contribution in [0.2, 0.25) is 0 Å². The highest BCUT2D eigenvalue weighted by molar-refractivity contribution is 8.68. The summed E-state index contributed by atoms with van der Waals surface area (Å²) in [6.07, 6.45) is -0.750. The predicted octanol–water partition coefficient (Wildman–Crippen LogP) is 4.79. The Balaban J connectivity index is 2.18. The van der Waals surface area contributed by atoms with Crippen molar-refractivity contribution in [2.75, 3.05) is 0 Å². The number of thiol groups is 1. The number of hydrogen-bond acceptors (Lipinski definition) is 6. The van der Waals surface area contributed by atoms with E-state index in [-0.39, 0.29) is 0 Å². The molecule has 0 aliphatic carbocycles. The summed E-state index contributed by atoms with van der Waals surface area (Å²) >= 11 is 4.14. The van der Waals surface area contributed by atoms with Crippen LogP contribution in [0.25, 0.3) is 0 Å². The molecule has 2 rings (SSSR count). The van der Waals surface area contributed by atoms with Crippen molar-refractivity contribution in [3.05, 3.63) is 60.2 Å². The number of carbonyl (C=O) groups is 2. The summed E-state index contributed by atoms with van der Waals surface area (Å²) in [5.41, 5.74) is -0.0686.